The highest BCUT2D eigenvalue weighted by Gasteiger charge is 2.22. The molecule has 0 aliphatic carbocycles. The highest BCUT2D eigenvalue weighted by atomic mass is 79.9. The summed E-state index contributed by atoms with van der Waals surface area (Å²) in [6, 6.07) is 8.04. The van der Waals surface area contributed by atoms with Gasteiger partial charge in [0.05, 0.1) is 38.2 Å². The summed E-state index contributed by atoms with van der Waals surface area (Å²) in [6.45, 7) is 6.80. The van der Waals surface area contributed by atoms with E-state index in [-0.39, 0.29) is 23.1 Å². The highest BCUT2D eigenvalue weighted by Crippen LogP contribution is 2.13. The Bertz CT molecular complexity index is 787. The Morgan fingerprint density at radius 1 is 1.17 bits per heavy atom. The van der Waals surface area contributed by atoms with Crippen molar-refractivity contribution in [3.63, 3.8) is 0 Å². The lowest BCUT2D eigenvalue weighted by molar-refractivity contribution is -0.0851. The van der Waals surface area contributed by atoms with E-state index in [9.17, 15) is 0 Å². The first-order valence-corrected chi connectivity index (χ1v) is 10.1. The lowest BCUT2D eigenvalue weighted by Crippen LogP contribution is -2.54. The van der Waals surface area contributed by atoms with E-state index in [1.54, 1.807) is 6.20 Å². The van der Waals surface area contributed by atoms with Crippen LogP contribution in [0.4, 0.5) is 5.82 Å². The fourth-order valence-corrected chi connectivity index (χ4v) is 3.53. The van der Waals surface area contributed by atoms with Crippen LogP contribution in [-0.4, -0.2) is 84.3 Å². The van der Waals surface area contributed by atoms with Gasteiger partial charge in [-0.1, -0.05) is 6.07 Å². The van der Waals surface area contributed by atoms with Gasteiger partial charge in [-0.25, -0.2) is 9.98 Å². The second kappa shape index (κ2) is 11.3. The topological polar surface area (TPSA) is 80.0 Å². The van der Waals surface area contributed by atoms with Crippen LogP contribution in [0.15, 0.2) is 41.7 Å². The highest BCUT2D eigenvalue weighted by molar-refractivity contribution is 8.93. The zero-order chi connectivity index (χ0) is 19.9. The van der Waals surface area contributed by atoms with Gasteiger partial charge < -0.3 is 24.6 Å². The van der Waals surface area contributed by atoms with Crippen molar-refractivity contribution in [1.29, 1.82) is 0 Å². The molecule has 4 heterocycles. The minimum absolute atomic E-state index is 0. The van der Waals surface area contributed by atoms with E-state index >= 15 is 0 Å². The molecule has 30 heavy (non-hydrogen) atoms. The third kappa shape index (κ3) is 5.93. The van der Waals surface area contributed by atoms with E-state index in [0.29, 0.717) is 32.9 Å². The lowest BCUT2D eigenvalue weighted by Gasteiger charge is -2.37. The standard InChI is InChI=1S/C20H29N7O2.BrH/c1-25-17(5-7-24-25)14-22-20(23-15-18-16-28-12-13-29-18)27-10-8-26(9-11-27)19-4-2-3-6-21-19;/h2-7,18H,8-16H2,1H3,(H,22,23);1H/t18-;/m0./s1. The minimum Gasteiger partial charge on any atom is -0.376 e. The molecule has 10 heteroatoms. The van der Waals surface area contributed by atoms with Crippen molar-refractivity contribution in [3.8, 4) is 0 Å². The van der Waals surface area contributed by atoms with Crippen molar-refractivity contribution in [2.75, 3.05) is 57.4 Å². The van der Waals surface area contributed by atoms with Crippen molar-refractivity contribution in [1.82, 2.24) is 25.0 Å². The number of hydrogen-bond acceptors (Lipinski definition) is 6. The molecule has 0 saturated carbocycles. The van der Waals surface area contributed by atoms with Crippen molar-refractivity contribution in [2.24, 2.45) is 12.0 Å². The number of aliphatic imine (C=N–C) groups is 1. The van der Waals surface area contributed by atoms with Crippen LogP contribution in [0, 0.1) is 0 Å². The average Bonchev–Trinajstić information content (AvgIpc) is 3.20. The summed E-state index contributed by atoms with van der Waals surface area (Å²) < 4.78 is 13.1. The predicted molar refractivity (Wildman–Crippen MR) is 121 cm³/mol. The quantitative estimate of drug-likeness (QED) is 0.507. The molecule has 0 radical (unpaired) electrons. The SMILES string of the molecule is Br.Cn1nccc1CN=C(NC[C@H]1COCCO1)N1CCN(c2ccccn2)CC1. The molecule has 0 unspecified atom stereocenters. The molecule has 0 bridgehead atoms. The minimum atomic E-state index is 0. The molecule has 4 rings (SSSR count). The van der Waals surface area contributed by atoms with Gasteiger partial charge in [-0.3, -0.25) is 4.68 Å². The summed E-state index contributed by atoms with van der Waals surface area (Å²) in [7, 11) is 1.94. The number of ether oxygens (including phenoxy) is 2. The van der Waals surface area contributed by atoms with Gasteiger partial charge in [-0.2, -0.15) is 5.10 Å². The summed E-state index contributed by atoms with van der Waals surface area (Å²) >= 11 is 0. The van der Waals surface area contributed by atoms with Gasteiger partial charge in [0.2, 0.25) is 0 Å². The molecular formula is C20H30BrN7O2. The van der Waals surface area contributed by atoms with Crippen molar-refractivity contribution >= 4 is 28.8 Å². The predicted octanol–water partition coefficient (Wildman–Crippen LogP) is 1.08. The van der Waals surface area contributed by atoms with E-state index in [1.165, 1.54) is 0 Å². The Balaban J connectivity index is 0.00000256. The maximum Gasteiger partial charge on any atom is 0.194 e. The number of anilines is 1. The number of hydrogen-bond donors (Lipinski definition) is 1. The van der Waals surface area contributed by atoms with Crippen LogP contribution in [0.2, 0.25) is 0 Å². The zero-order valence-corrected chi connectivity index (χ0v) is 19.0. The largest absolute Gasteiger partial charge is 0.376 e. The summed E-state index contributed by atoms with van der Waals surface area (Å²) in [6.07, 6.45) is 3.70. The Kier molecular flexibility index (Phi) is 8.47. The Morgan fingerprint density at radius 2 is 2.03 bits per heavy atom. The molecule has 0 spiro atoms. The third-order valence-corrected chi connectivity index (χ3v) is 5.24. The van der Waals surface area contributed by atoms with Crippen LogP contribution in [0.1, 0.15) is 5.69 Å². The Labute approximate surface area is 187 Å². The molecule has 2 aromatic heterocycles. The van der Waals surface area contributed by atoms with Crippen molar-refractivity contribution in [3.05, 3.63) is 42.4 Å². The number of rotatable bonds is 5. The second-order valence-corrected chi connectivity index (χ2v) is 7.20. The lowest BCUT2D eigenvalue weighted by atomic mass is 10.3. The molecule has 2 fully saturated rings. The number of aromatic nitrogens is 3. The van der Waals surface area contributed by atoms with E-state index in [0.717, 1.165) is 43.7 Å². The first-order chi connectivity index (χ1) is 14.3. The number of piperazine rings is 1. The molecule has 9 nitrogen and oxygen atoms in total. The summed E-state index contributed by atoms with van der Waals surface area (Å²) in [5.74, 6) is 1.93. The average molecular weight is 480 g/mol. The van der Waals surface area contributed by atoms with E-state index in [1.807, 2.05) is 36.1 Å². The van der Waals surface area contributed by atoms with Gasteiger partial charge in [0.15, 0.2) is 5.96 Å². The monoisotopic (exact) mass is 479 g/mol. The van der Waals surface area contributed by atoms with E-state index < -0.39 is 0 Å². The fourth-order valence-electron chi connectivity index (χ4n) is 3.53. The molecule has 1 atom stereocenters. The van der Waals surface area contributed by atoms with Gasteiger partial charge in [-0.15, -0.1) is 17.0 Å². The van der Waals surface area contributed by atoms with Crippen LogP contribution in [0.3, 0.4) is 0 Å². The third-order valence-electron chi connectivity index (χ3n) is 5.24. The number of nitrogens with zero attached hydrogens (tertiary/aromatic N) is 6. The number of halogens is 1. The summed E-state index contributed by atoms with van der Waals surface area (Å²) in [4.78, 5) is 14.0. The molecule has 2 aromatic rings. The van der Waals surface area contributed by atoms with Gasteiger partial charge in [0.25, 0.3) is 0 Å². The number of aryl methyl sites for hydroxylation is 1. The normalized spacial score (nSPS) is 20.0. The first kappa shape index (κ1) is 22.5. The summed E-state index contributed by atoms with van der Waals surface area (Å²) in [5.41, 5.74) is 1.08. The van der Waals surface area contributed by atoms with Crippen LogP contribution < -0.4 is 10.2 Å². The second-order valence-electron chi connectivity index (χ2n) is 7.20. The van der Waals surface area contributed by atoms with Crippen molar-refractivity contribution in [2.45, 2.75) is 12.6 Å². The Morgan fingerprint density at radius 3 is 2.70 bits per heavy atom. The van der Waals surface area contributed by atoms with Crippen LogP contribution in [0.5, 0.6) is 0 Å². The van der Waals surface area contributed by atoms with Gasteiger partial charge >= 0.3 is 0 Å². The molecule has 2 aliphatic rings. The molecule has 0 aromatic carbocycles. The van der Waals surface area contributed by atoms with Crippen LogP contribution >= 0.6 is 17.0 Å². The Hall–Kier alpha value is -2.17. The molecule has 0 amide bonds. The first-order valence-electron chi connectivity index (χ1n) is 10.1. The maximum atomic E-state index is 5.77. The molecule has 164 valence electrons. The molecule has 2 saturated heterocycles. The molecule has 1 N–H and O–H groups in total. The number of guanidine groups is 1. The van der Waals surface area contributed by atoms with E-state index in [4.69, 9.17) is 14.5 Å². The van der Waals surface area contributed by atoms with Crippen LogP contribution in [0.25, 0.3) is 0 Å². The molecular weight excluding hydrogens is 450 g/mol. The fraction of sp³-hybridized carbons (Fsp3) is 0.550. The van der Waals surface area contributed by atoms with Gasteiger partial charge in [0.1, 0.15) is 5.82 Å². The van der Waals surface area contributed by atoms with Crippen molar-refractivity contribution < 1.29 is 9.47 Å². The number of pyridine rings is 1. The maximum absolute atomic E-state index is 5.77. The van der Waals surface area contributed by atoms with E-state index in [2.05, 4.69) is 31.3 Å². The van der Waals surface area contributed by atoms with Gasteiger partial charge in [-0.05, 0) is 18.2 Å². The smallest absolute Gasteiger partial charge is 0.194 e. The molecule has 2 aliphatic heterocycles. The zero-order valence-electron chi connectivity index (χ0n) is 17.3. The van der Waals surface area contributed by atoms with Gasteiger partial charge in [0, 0.05) is 52.2 Å². The van der Waals surface area contributed by atoms with Crippen LogP contribution in [-0.2, 0) is 23.1 Å². The number of nitrogens with one attached hydrogen (secondary N) is 1. The summed E-state index contributed by atoms with van der Waals surface area (Å²) in [5, 5.41) is 7.74.